The maximum atomic E-state index is 14.3. The van der Waals surface area contributed by atoms with Gasteiger partial charge >= 0.3 is 0 Å². The number of amides is 3. The van der Waals surface area contributed by atoms with E-state index in [1.807, 2.05) is 41.9 Å². The number of rotatable bonds is 7. The zero-order chi connectivity index (χ0) is 28.2. The molecule has 3 aliphatic heterocycles. The minimum atomic E-state index is -0.774. The number of carbonyl (C=O) groups excluding carboxylic acids is 3. The normalized spacial score (nSPS) is 29.1. The summed E-state index contributed by atoms with van der Waals surface area (Å²) in [6.45, 7) is 3.51. The van der Waals surface area contributed by atoms with E-state index in [4.69, 9.17) is 9.84 Å². The average Bonchev–Trinajstić information content (AvgIpc) is 3.91. The Hall–Kier alpha value is -3.71. The van der Waals surface area contributed by atoms with Crippen molar-refractivity contribution in [3.8, 4) is 6.07 Å². The largest absolute Gasteiger partial charge is 0.381 e. The molecule has 5 atom stereocenters. The second-order valence-corrected chi connectivity index (χ2v) is 12.2. The van der Waals surface area contributed by atoms with E-state index < -0.39 is 12.1 Å². The van der Waals surface area contributed by atoms with Crippen LogP contribution in [0.3, 0.4) is 0 Å². The molecule has 214 valence electrons. The molecule has 2 aliphatic carbocycles. The highest BCUT2D eigenvalue weighted by Gasteiger charge is 2.57. The predicted molar refractivity (Wildman–Crippen MR) is 149 cm³/mol. The summed E-state index contributed by atoms with van der Waals surface area (Å²) in [5.74, 6) is 0.336. The Morgan fingerprint density at radius 3 is 2.54 bits per heavy atom. The maximum Gasteiger partial charge on any atom is 0.276 e. The first kappa shape index (κ1) is 26.2. The lowest BCUT2D eigenvalue weighted by Crippen LogP contribution is -2.56. The fraction of sp³-hybridized carbons (Fsp3) is 0.581. The molecule has 1 aromatic carbocycles. The molecular weight excluding hydrogens is 520 g/mol. The first-order valence-corrected chi connectivity index (χ1v) is 15.1. The molecule has 2 saturated heterocycles. The second-order valence-electron chi connectivity index (χ2n) is 12.2. The van der Waals surface area contributed by atoms with E-state index in [0.717, 1.165) is 43.2 Å². The lowest BCUT2D eigenvalue weighted by molar-refractivity contribution is -0.128. The molecule has 1 N–H and O–H groups in total. The average molecular weight is 557 g/mol. The molecule has 0 bridgehead atoms. The molecule has 4 heterocycles. The van der Waals surface area contributed by atoms with E-state index in [0.29, 0.717) is 43.6 Å². The summed E-state index contributed by atoms with van der Waals surface area (Å²) in [6, 6.07) is 10.7. The number of hydrogen-bond donors (Lipinski definition) is 1. The van der Waals surface area contributed by atoms with Crippen molar-refractivity contribution in [2.24, 2.45) is 11.8 Å². The van der Waals surface area contributed by atoms with Gasteiger partial charge in [0.15, 0.2) is 5.69 Å². The number of ether oxygens (including phenoxy) is 1. The predicted octanol–water partition coefficient (Wildman–Crippen LogP) is 2.95. The van der Waals surface area contributed by atoms with Crippen LogP contribution in [-0.2, 0) is 20.7 Å². The van der Waals surface area contributed by atoms with Crippen LogP contribution in [0.15, 0.2) is 30.3 Å². The minimum absolute atomic E-state index is 0.00369. The molecule has 0 radical (unpaired) electrons. The van der Waals surface area contributed by atoms with Gasteiger partial charge in [0.25, 0.3) is 11.8 Å². The Kier molecular flexibility index (Phi) is 6.57. The van der Waals surface area contributed by atoms with Gasteiger partial charge in [-0.05, 0) is 62.8 Å². The van der Waals surface area contributed by atoms with Crippen molar-refractivity contribution in [2.75, 3.05) is 24.7 Å². The fourth-order valence-electron chi connectivity index (χ4n) is 7.36. The summed E-state index contributed by atoms with van der Waals surface area (Å²) in [4.78, 5) is 45.3. The minimum Gasteiger partial charge on any atom is -0.381 e. The number of nitrogens with zero attached hydrogens (tertiary/aromatic N) is 5. The summed E-state index contributed by atoms with van der Waals surface area (Å²) in [5.41, 5.74) is 2.00. The lowest BCUT2D eigenvalue weighted by Gasteiger charge is -2.39. The van der Waals surface area contributed by atoms with Gasteiger partial charge in [0.2, 0.25) is 5.91 Å². The summed E-state index contributed by atoms with van der Waals surface area (Å²) in [7, 11) is 0. The van der Waals surface area contributed by atoms with Gasteiger partial charge in [0.05, 0.1) is 18.5 Å². The van der Waals surface area contributed by atoms with Gasteiger partial charge in [-0.25, -0.2) is 4.68 Å². The number of carbonyl (C=O) groups is 3. The molecule has 10 heteroatoms. The standard InChI is InChI=1S/C31H36N6O4/c1-2-35-29-26(25(19-8-9-19)27(30(35)39)33-24(38)14-18-6-4-3-5-7-18)28(34-37(29)21-10-12-41-13-11-21)31(40)36-22(17-32)15-20-16-23(20)36/h3-7,19-23,25,27H,2,8-16H2,1H3,(H,33,38)/t20-,22-,23+,25-,27-/m0/s1. The molecule has 0 spiro atoms. The number of hydrogen-bond acceptors (Lipinski definition) is 6. The molecule has 2 saturated carbocycles. The van der Waals surface area contributed by atoms with Crippen molar-refractivity contribution in [1.29, 1.82) is 5.26 Å². The molecule has 7 rings (SSSR count). The Balaban J connectivity index is 1.32. The quantitative estimate of drug-likeness (QED) is 0.560. The number of piperidine rings is 1. The van der Waals surface area contributed by atoms with Crippen LogP contribution in [0.5, 0.6) is 0 Å². The van der Waals surface area contributed by atoms with E-state index in [9.17, 15) is 19.6 Å². The van der Waals surface area contributed by atoms with Gasteiger partial charge in [-0.15, -0.1) is 0 Å². The zero-order valence-electron chi connectivity index (χ0n) is 23.4. The van der Waals surface area contributed by atoms with Crippen LogP contribution in [0.4, 0.5) is 5.82 Å². The smallest absolute Gasteiger partial charge is 0.276 e. The number of anilines is 1. The Labute approximate surface area is 239 Å². The van der Waals surface area contributed by atoms with Gasteiger partial charge in [0, 0.05) is 37.3 Å². The molecule has 1 aromatic heterocycles. The van der Waals surface area contributed by atoms with E-state index in [2.05, 4.69) is 11.4 Å². The summed E-state index contributed by atoms with van der Waals surface area (Å²) in [6.07, 6.45) is 5.16. The molecule has 4 fully saturated rings. The molecule has 41 heavy (non-hydrogen) atoms. The molecule has 5 aliphatic rings. The third-order valence-electron chi connectivity index (χ3n) is 9.60. The summed E-state index contributed by atoms with van der Waals surface area (Å²) < 4.78 is 7.53. The van der Waals surface area contributed by atoms with Gasteiger partial charge in [-0.3, -0.25) is 19.3 Å². The first-order chi connectivity index (χ1) is 20.0. The highest BCUT2D eigenvalue weighted by molar-refractivity contribution is 6.06. The van der Waals surface area contributed by atoms with Crippen molar-refractivity contribution >= 4 is 23.5 Å². The first-order valence-electron chi connectivity index (χ1n) is 15.1. The van der Waals surface area contributed by atoms with Crippen LogP contribution in [0.1, 0.15) is 79.0 Å². The van der Waals surface area contributed by atoms with Crippen molar-refractivity contribution in [3.63, 3.8) is 0 Å². The number of likely N-dealkylation sites (N-methyl/N-ethyl adjacent to an activating group) is 1. The monoisotopic (exact) mass is 556 g/mol. The van der Waals surface area contributed by atoms with Crippen molar-refractivity contribution < 1.29 is 19.1 Å². The highest BCUT2D eigenvalue weighted by atomic mass is 16.5. The third-order valence-corrected chi connectivity index (χ3v) is 9.60. The van der Waals surface area contributed by atoms with Gasteiger partial charge < -0.3 is 15.0 Å². The second kappa shape index (κ2) is 10.3. The van der Waals surface area contributed by atoms with Crippen molar-refractivity contribution in [1.82, 2.24) is 20.0 Å². The number of nitrogens with one attached hydrogen (secondary N) is 1. The molecule has 0 unspecified atom stereocenters. The van der Waals surface area contributed by atoms with E-state index in [1.54, 1.807) is 9.80 Å². The van der Waals surface area contributed by atoms with Crippen LogP contribution in [0, 0.1) is 23.2 Å². The summed E-state index contributed by atoms with van der Waals surface area (Å²) >= 11 is 0. The Bertz CT molecular complexity index is 1410. The van der Waals surface area contributed by atoms with Crippen LogP contribution >= 0.6 is 0 Å². The van der Waals surface area contributed by atoms with Crippen LogP contribution in [-0.4, -0.2) is 70.3 Å². The number of aromatic nitrogens is 2. The van der Waals surface area contributed by atoms with E-state index >= 15 is 0 Å². The lowest BCUT2D eigenvalue weighted by atomic mass is 9.82. The number of benzene rings is 1. The van der Waals surface area contributed by atoms with Crippen molar-refractivity contribution in [2.45, 2.75) is 82.0 Å². The van der Waals surface area contributed by atoms with Gasteiger partial charge in [0.1, 0.15) is 17.9 Å². The summed E-state index contributed by atoms with van der Waals surface area (Å²) in [5, 5.41) is 18.0. The molecule has 2 aromatic rings. The maximum absolute atomic E-state index is 14.3. The molecule has 3 amide bonds. The van der Waals surface area contributed by atoms with Crippen LogP contribution < -0.4 is 10.2 Å². The SMILES string of the molecule is CCN1C(=O)[C@@H](NC(=O)Cc2ccccc2)[C@@H](C2CC2)c2c(C(=O)N3[C@H](C#N)C[C@H]4C[C@H]43)nn(C3CCOCC3)c21. The number of fused-ring (bicyclic) bond motifs is 2. The third kappa shape index (κ3) is 4.51. The van der Waals surface area contributed by atoms with Gasteiger partial charge in [-0.1, -0.05) is 30.3 Å². The van der Waals surface area contributed by atoms with Crippen molar-refractivity contribution in [3.05, 3.63) is 47.2 Å². The van der Waals surface area contributed by atoms with Crippen LogP contribution in [0.25, 0.3) is 0 Å². The van der Waals surface area contributed by atoms with Crippen LogP contribution in [0.2, 0.25) is 0 Å². The Morgan fingerprint density at radius 1 is 1.10 bits per heavy atom. The molecular formula is C31H36N6O4. The fourth-order valence-corrected chi connectivity index (χ4v) is 7.36. The number of likely N-dealkylation sites (tertiary alicyclic amines) is 1. The van der Waals surface area contributed by atoms with E-state index in [1.165, 1.54) is 0 Å². The van der Waals surface area contributed by atoms with E-state index in [-0.39, 0.29) is 48.1 Å². The molecule has 10 nitrogen and oxygen atoms in total. The topological polar surface area (TPSA) is 121 Å². The zero-order valence-corrected chi connectivity index (χ0v) is 23.4. The Morgan fingerprint density at radius 2 is 1.85 bits per heavy atom. The number of nitriles is 1. The highest BCUT2D eigenvalue weighted by Crippen LogP contribution is 2.53. The van der Waals surface area contributed by atoms with Gasteiger partial charge in [-0.2, -0.15) is 10.4 Å².